The van der Waals surface area contributed by atoms with E-state index in [9.17, 15) is 4.79 Å². The molecule has 1 saturated carbocycles. The molecule has 1 atom stereocenters. The lowest BCUT2D eigenvalue weighted by atomic mass is 10.1. The van der Waals surface area contributed by atoms with Gasteiger partial charge in [-0.25, -0.2) is 9.67 Å². The summed E-state index contributed by atoms with van der Waals surface area (Å²) in [5, 5.41) is 8.24. The summed E-state index contributed by atoms with van der Waals surface area (Å²) in [6.07, 6.45) is 4.03. The molecular formula is C16H25Cl2N5O. The van der Waals surface area contributed by atoms with Gasteiger partial charge in [-0.3, -0.25) is 4.79 Å². The fourth-order valence-electron chi connectivity index (χ4n) is 2.82. The zero-order valence-electron chi connectivity index (χ0n) is 14.2. The minimum Gasteiger partial charge on any atom is -0.348 e. The van der Waals surface area contributed by atoms with Crippen molar-refractivity contribution in [2.45, 2.75) is 45.7 Å². The first-order valence-corrected chi connectivity index (χ1v) is 7.87. The number of carbonyl (C=O) groups excluding carboxylic acids is 1. The third-order valence-electron chi connectivity index (χ3n) is 4.19. The number of aromatic nitrogens is 3. The van der Waals surface area contributed by atoms with Crippen LogP contribution in [0.2, 0.25) is 0 Å². The molecule has 2 aromatic rings. The van der Waals surface area contributed by atoms with Crippen molar-refractivity contribution in [3.63, 3.8) is 0 Å². The molecule has 1 fully saturated rings. The molecule has 1 amide bonds. The van der Waals surface area contributed by atoms with E-state index in [2.05, 4.69) is 15.4 Å². The molecule has 0 aromatic carbocycles. The molecule has 0 spiro atoms. The molecule has 1 aliphatic carbocycles. The van der Waals surface area contributed by atoms with Crippen molar-refractivity contribution >= 4 is 41.8 Å². The Labute approximate surface area is 154 Å². The van der Waals surface area contributed by atoms with Gasteiger partial charge in [-0.05, 0) is 45.6 Å². The van der Waals surface area contributed by atoms with Gasteiger partial charge in [-0.1, -0.05) is 0 Å². The van der Waals surface area contributed by atoms with Crippen LogP contribution in [0, 0.1) is 12.8 Å². The number of carbonyl (C=O) groups is 1. The average Bonchev–Trinajstić information content (AvgIpc) is 3.22. The molecule has 134 valence electrons. The van der Waals surface area contributed by atoms with Crippen LogP contribution in [-0.4, -0.2) is 33.3 Å². The molecule has 3 N–H and O–H groups in total. The van der Waals surface area contributed by atoms with E-state index in [0.717, 1.165) is 29.6 Å². The Morgan fingerprint density at radius 1 is 1.42 bits per heavy atom. The summed E-state index contributed by atoms with van der Waals surface area (Å²) in [4.78, 5) is 17.2. The van der Waals surface area contributed by atoms with Crippen LogP contribution < -0.4 is 11.1 Å². The van der Waals surface area contributed by atoms with Crippen molar-refractivity contribution in [3.05, 3.63) is 23.5 Å². The van der Waals surface area contributed by atoms with Gasteiger partial charge in [0.25, 0.3) is 5.91 Å². The highest BCUT2D eigenvalue weighted by Crippen LogP contribution is 2.32. The minimum absolute atomic E-state index is 0. The predicted molar refractivity (Wildman–Crippen MR) is 100 cm³/mol. The van der Waals surface area contributed by atoms with Crippen molar-refractivity contribution in [1.82, 2.24) is 20.1 Å². The van der Waals surface area contributed by atoms with Crippen LogP contribution >= 0.6 is 24.8 Å². The second-order valence-corrected chi connectivity index (χ2v) is 6.38. The van der Waals surface area contributed by atoms with Gasteiger partial charge < -0.3 is 11.1 Å². The van der Waals surface area contributed by atoms with Gasteiger partial charge in [-0.2, -0.15) is 5.10 Å². The zero-order valence-corrected chi connectivity index (χ0v) is 15.8. The summed E-state index contributed by atoms with van der Waals surface area (Å²) in [6.45, 7) is 6.48. The molecule has 8 heteroatoms. The number of aryl methyl sites for hydroxylation is 1. The largest absolute Gasteiger partial charge is 0.348 e. The van der Waals surface area contributed by atoms with Gasteiger partial charge in [0.15, 0.2) is 5.65 Å². The SMILES string of the molecule is Cc1cc(C(=O)NC(CN)C2CC2)c2cnn(C(C)C)c2n1.Cl.Cl. The van der Waals surface area contributed by atoms with E-state index in [1.807, 2.05) is 31.5 Å². The third-order valence-corrected chi connectivity index (χ3v) is 4.19. The number of fused-ring (bicyclic) bond motifs is 1. The highest BCUT2D eigenvalue weighted by molar-refractivity contribution is 6.05. The number of hydrogen-bond donors (Lipinski definition) is 2. The molecule has 1 unspecified atom stereocenters. The van der Waals surface area contributed by atoms with E-state index in [-0.39, 0.29) is 42.8 Å². The van der Waals surface area contributed by atoms with Crippen molar-refractivity contribution < 1.29 is 4.79 Å². The van der Waals surface area contributed by atoms with E-state index in [1.165, 1.54) is 0 Å². The van der Waals surface area contributed by atoms with Gasteiger partial charge in [0.1, 0.15) is 0 Å². The standard InChI is InChI=1S/C16H23N5O.2ClH/c1-9(2)21-15-13(8-18-21)12(6-10(3)19-15)16(22)20-14(7-17)11-4-5-11;;/h6,8-9,11,14H,4-5,7,17H2,1-3H3,(H,20,22);2*1H. The summed E-state index contributed by atoms with van der Waals surface area (Å²) in [5.74, 6) is 0.451. The zero-order chi connectivity index (χ0) is 15.9. The summed E-state index contributed by atoms with van der Waals surface area (Å²) in [5.41, 5.74) is 7.99. The van der Waals surface area contributed by atoms with Gasteiger partial charge in [0, 0.05) is 24.3 Å². The smallest absolute Gasteiger partial charge is 0.252 e. The number of nitrogens with two attached hydrogens (primary N) is 1. The molecule has 0 saturated heterocycles. The minimum atomic E-state index is -0.0823. The van der Waals surface area contributed by atoms with Gasteiger partial charge in [-0.15, -0.1) is 24.8 Å². The monoisotopic (exact) mass is 373 g/mol. The Bertz CT molecular complexity index is 712. The normalized spacial score (nSPS) is 14.9. The van der Waals surface area contributed by atoms with E-state index in [0.29, 0.717) is 18.0 Å². The summed E-state index contributed by atoms with van der Waals surface area (Å²) in [7, 11) is 0. The van der Waals surface area contributed by atoms with Crippen molar-refractivity contribution in [1.29, 1.82) is 0 Å². The number of amides is 1. The van der Waals surface area contributed by atoms with Crippen LogP contribution in [0.5, 0.6) is 0 Å². The van der Waals surface area contributed by atoms with E-state index in [1.54, 1.807) is 6.20 Å². The fraction of sp³-hybridized carbons (Fsp3) is 0.562. The Morgan fingerprint density at radius 2 is 2.08 bits per heavy atom. The van der Waals surface area contributed by atoms with Crippen LogP contribution in [0.1, 0.15) is 48.8 Å². The summed E-state index contributed by atoms with van der Waals surface area (Å²) >= 11 is 0. The number of nitrogens with zero attached hydrogens (tertiary/aromatic N) is 3. The Kier molecular flexibility index (Phi) is 7.01. The quantitative estimate of drug-likeness (QED) is 0.843. The number of nitrogens with one attached hydrogen (secondary N) is 1. The van der Waals surface area contributed by atoms with Gasteiger partial charge in [0.2, 0.25) is 0 Å². The van der Waals surface area contributed by atoms with E-state index >= 15 is 0 Å². The molecule has 0 aliphatic heterocycles. The third kappa shape index (κ3) is 3.99. The molecule has 1 aliphatic rings. The summed E-state index contributed by atoms with van der Waals surface area (Å²) in [6, 6.07) is 2.09. The lowest BCUT2D eigenvalue weighted by Gasteiger charge is -2.16. The highest BCUT2D eigenvalue weighted by Gasteiger charge is 2.31. The summed E-state index contributed by atoms with van der Waals surface area (Å²) < 4.78 is 1.85. The Morgan fingerprint density at radius 3 is 2.62 bits per heavy atom. The molecular weight excluding hydrogens is 349 g/mol. The van der Waals surface area contributed by atoms with Crippen molar-refractivity contribution in [2.75, 3.05) is 6.54 Å². The van der Waals surface area contributed by atoms with E-state index < -0.39 is 0 Å². The number of rotatable bonds is 5. The molecule has 24 heavy (non-hydrogen) atoms. The van der Waals surface area contributed by atoms with Gasteiger partial charge in [0.05, 0.1) is 17.1 Å². The molecule has 0 radical (unpaired) electrons. The number of hydrogen-bond acceptors (Lipinski definition) is 4. The van der Waals surface area contributed by atoms with Crippen LogP contribution in [0.25, 0.3) is 11.0 Å². The van der Waals surface area contributed by atoms with Crippen molar-refractivity contribution in [3.8, 4) is 0 Å². The molecule has 0 bridgehead atoms. The predicted octanol–water partition coefficient (Wildman–Crippen LogP) is 2.63. The Hall–Kier alpha value is -1.37. The van der Waals surface area contributed by atoms with Crippen LogP contribution in [0.15, 0.2) is 12.3 Å². The number of halogens is 2. The topological polar surface area (TPSA) is 85.8 Å². The van der Waals surface area contributed by atoms with Crippen LogP contribution in [-0.2, 0) is 0 Å². The van der Waals surface area contributed by atoms with Crippen LogP contribution in [0.3, 0.4) is 0 Å². The lowest BCUT2D eigenvalue weighted by molar-refractivity contribution is 0.0935. The molecule has 2 aromatic heterocycles. The van der Waals surface area contributed by atoms with Crippen molar-refractivity contribution in [2.24, 2.45) is 11.7 Å². The number of pyridine rings is 1. The Balaban J connectivity index is 0.00000144. The first-order chi connectivity index (χ1) is 10.5. The first kappa shape index (κ1) is 20.7. The van der Waals surface area contributed by atoms with E-state index in [4.69, 9.17) is 5.73 Å². The maximum absolute atomic E-state index is 12.7. The average molecular weight is 374 g/mol. The maximum atomic E-state index is 12.7. The van der Waals surface area contributed by atoms with Crippen LogP contribution in [0.4, 0.5) is 0 Å². The second-order valence-electron chi connectivity index (χ2n) is 6.38. The molecule has 6 nitrogen and oxygen atoms in total. The maximum Gasteiger partial charge on any atom is 0.252 e. The molecule has 2 heterocycles. The molecule has 3 rings (SSSR count). The fourth-order valence-corrected chi connectivity index (χ4v) is 2.82. The highest BCUT2D eigenvalue weighted by atomic mass is 35.5. The van der Waals surface area contributed by atoms with Gasteiger partial charge >= 0.3 is 0 Å². The first-order valence-electron chi connectivity index (χ1n) is 7.87. The second kappa shape index (κ2) is 8.14. The lowest BCUT2D eigenvalue weighted by Crippen LogP contribution is -2.41.